The van der Waals surface area contributed by atoms with Gasteiger partial charge in [-0.1, -0.05) is 11.3 Å². The Morgan fingerprint density at radius 1 is 1.44 bits per heavy atom. The van der Waals surface area contributed by atoms with E-state index in [9.17, 15) is 18.0 Å². The topological polar surface area (TPSA) is 80.9 Å². The lowest BCUT2D eigenvalue weighted by molar-refractivity contribution is -0.144. The molecule has 0 fully saturated rings. The van der Waals surface area contributed by atoms with Gasteiger partial charge in [-0.2, -0.15) is 13.2 Å². The van der Waals surface area contributed by atoms with Gasteiger partial charge in [-0.15, -0.1) is 10.2 Å². The lowest BCUT2D eigenvalue weighted by atomic mass is 10.3. The highest BCUT2D eigenvalue weighted by molar-refractivity contribution is 7.15. The summed E-state index contributed by atoms with van der Waals surface area (Å²) in [4.78, 5) is 11.0. The summed E-state index contributed by atoms with van der Waals surface area (Å²) in [5, 5.41) is 10.1. The molecule has 0 aromatic carbocycles. The number of halogens is 3. The molecule has 90 valence electrons. The molecule has 1 rings (SSSR count). The zero-order valence-electron chi connectivity index (χ0n) is 8.04. The molecular weight excluding hydrogens is 245 g/mol. The first-order chi connectivity index (χ1) is 7.37. The standard InChI is InChI=1S/C7H9F3N4OS/c8-7(9,10)2-1-4(15)12-3-5-13-14-6(11)16-5/h1-3H2,(H2,11,14)(H,12,15). The average molecular weight is 254 g/mol. The summed E-state index contributed by atoms with van der Waals surface area (Å²) in [6, 6.07) is 0. The highest BCUT2D eigenvalue weighted by Gasteiger charge is 2.27. The number of alkyl halides is 3. The predicted molar refractivity (Wildman–Crippen MR) is 51.5 cm³/mol. The SMILES string of the molecule is Nc1nnc(CNC(=O)CCC(F)(F)F)s1. The molecule has 1 aromatic rings. The van der Waals surface area contributed by atoms with Crippen LogP contribution in [-0.4, -0.2) is 22.3 Å². The third-order valence-electron chi connectivity index (χ3n) is 1.55. The second-order valence-corrected chi connectivity index (χ2v) is 4.02. The van der Waals surface area contributed by atoms with E-state index in [1.165, 1.54) is 0 Å². The van der Waals surface area contributed by atoms with E-state index in [0.29, 0.717) is 5.01 Å². The lowest BCUT2D eigenvalue weighted by Gasteiger charge is -2.05. The van der Waals surface area contributed by atoms with Crippen LogP contribution in [0.1, 0.15) is 17.8 Å². The van der Waals surface area contributed by atoms with Crippen LogP contribution in [0.25, 0.3) is 0 Å². The van der Waals surface area contributed by atoms with Gasteiger partial charge >= 0.3 is 6.18 Å². The molecule has 1 heterocycles. The third kappa shape index (κ3) is 4.91. The highest BCUT2D eigenvalue weighted by atomic mass is 32.1. The molecule has 0 saturated heterocycles. The van der Waals surface area contributed by atoms with Crippen LogP contribution in [0.15, 0.2) is 0 Å². The van der Waals surface area contributed by atoms with Crippen molar-refractivity contribution in [3.63, 3.8) is 0 Å². The largest absolute Gasteiger partial charge is 0.389 e. The minimum atomic E-state index is -4.31. The maximum atomic E-state index is 11.8. The molecule has 0 aliphatic carbocycles. The number of carbonyl (C=O) groups is 1. The second-order valence-electron chi connectivity index (χ2n) is 2.93. The fourth-order valence-corrected chi connectivity index (χ4v) is 1.40. The number of hydrogen-bond acceptors (Lipinski definition) is 5. The Morgan fingerprint density at radius 2 is 2.12 bits per heavy atom. The van der Waals surface area contributed by atoms with Gasteiger partial charge in [0.2, 0.25) is 11.0 Å². The molecule has 9 heteroatoms. The molecule has 0 saturated carbocycles. The maximum absolute atomic E-state index is 11.8. The minimum absolute atomic E-state index is 0.0472. The zero-order valence-corrected chi connectivity index (χ0v) is 8.86. The Bertz CT molecular complexity index is 365. The van der Waals surface area contributed by atoms with Gasteiger partial charge in [-0.05, 0) is 0 Å². The Kier molecular flexibility index (Phi) is 4.05. The molecule has 16 heavy (non-hydrogen) atoms. The van der Waals surface area contributed by atoms with Crippen molar-refractivity contribution in [2.45, 2.75) is 25.6 Å². The van der Waals surface area contributed by atoms with Crippen LogP contribution in [0, 0.1) is 0 Å². The van der Waals surface area contributed by atoms with Crippen molar-refractivity contribution >= 4 is 22.4 Å². The van der Waals surface area contributed by atoms with Crippen LogP contribution in [-0.2, 0) is 11.3 Å². The summed E-state index contributed by atoms with van der Waals surface area (Å²) < 4.78 is 35.3. The number of amides is 1. The Labute approximate surface area is 92.9 Å². The van der Waals surface area contributed by atoms with Crippen LogP contribution < -0.4 is 11.1 Å². The van der Waals surface area contributed by atoms with Crippen LogP contribution >= 0.6 is 11.3 Å². The summed E-state index contributed by atoms with van der Waals surface area (Å²) in [6.45, 7) is 0.0472. The molecule has 1 amide bonds. The normalized spacial score (nSPS) is 11.4. The Balaban J connectivity index is 2.25. The van der Waals surface area contributed by atoms with Gasteiger partial charge in [0.1, 0.15) is 5.01 Å². The fourth-order valence-electron chi connectivity index (χ4n) is 0.856. The van der Waals surface area contributed by atoms with Gasteiger partial charge in [0, 0.05) is 6.42 Å². The monoisotopic (exact) mass is 254 g/mol. The van der Waals surface area contributed by atoms with E-state index < -0.39 is 24.9 Å². The fraction of sp³-hybridized carbons (Fsp3) is 0.571. The second kappa shape index (κ2) is 5.10. The number of nitrogens with two attached hydrogens (primary N) is 1. The molecule has 5 nitrogen and oxygen atoms in total. The van der Waals surface area contributed by atoms with Crippen molar-refractivity contribution in [3.8, 4) is 0 Å². The zero-order chi connectivity index (χ0) is 12.2. The molecule has 0 spiro atoms. The van der Waals surface area contributed by atoms with Gasteiger partial charge in [0.05, 0.1) is 13.0 Å². The molecule has 0 atom stereocenters. The molecule has 0 unspecified atom stereocenters. The van der Waals surface area contributed by atoms with Crippen molar-refractivity contribution in [1.82, 2.24) is 15.5 Å². The first-order valence-electron chi connectivity index (χ1n) is 4.28. The minimum Gasteiger partial charge on any atom is -0.374 e. The van der Waals surface area contributed by atoms with Crippen molar-refractivity contribution in [3.05, 3.63) is 5.01 Å². The molecular formula is C7H9F3N4OS. The van der Waals surface area contributed by atoms with Crippen LogP contribution in [0.4, 0.5) is 18.3 Å². The Hall–Kier alpha value is -1.38. The van der Waals surface area contributed by atoms with E-state index in [0.717, 1.165) is 11.3 Å². The van der Waals surface area contributed by atoms with Crippen molar-refractivity contribution in [2.75, 3.05) is 5.73 Å². The van der Waals surface area contributed by atoms with Gasteiger partial charge < -0.3 is 11.1 Å². The molecule has 0 bridgehead atoms. The van der Waals surface area contributed by atoms with E-state index in [1.54, 1.807) is 0 Å². The maximum Gasteiger partial charge on any atom is 0.389 e. The number of nitrogens with one attached hydrogen (secondary N) is 1. The Morgan fingerprint density at radius 3 is 2.62 bits per heavy atom. The van der Waals surface area contributed by atoms with Crippen molar-refractivity contribution in [2.24, 2.45) is 0 Å². The average Bonchev–Trinajstić information content (AvgIpc) is 2.57. The summed E-state index contributed by atoms with van der Waals surface area (Å²) >= 11 is 1.07. The molecule has 3 N–H and O–H groups in total. The first kappa shape index (κ1) is 12.7. The highest BCUT2D eigenvalue weighted by Crippen LogP contribution is 2.21. The summed E-state index contributed by atoms with van der Waals surface area (Å²) in [5.41, 5.74) is 5.28. The van der Waals surface area contributed by atoms with E-state index in [4.69, 9.17) is 5.73 Å². The van der Waals surface area contributed by atoms with Crippen LogP contribution in [0.2, 0.25) is 0 Å². The molecule has 0 aliphatic heterocycles. The van der Waals surface area contributed by atoms with E-state index >= 15 is 0 Å². The van der Waals surface area contributed by atoms with Gasteiger partial charge in [-0.3, -0.25) is 4.79 Å². The van der Waals surface area contributed by atoms with Crippen LogP contribution in [0.5, 0.6) is 0 Å². The number of nitrogens with zero attached hydrogens (tertiary/aromatic N) is 2. The number of carbonyl (C=O) groups excluding carboxylic acids is 1. The smallest absolute Gasteiger partial charge is 0.374 e. The molecule has 0 radical (unpaired) electrons. The van der Waals surface area contributed by atoms with Gasteiger partial charge in [0.25, 0.3) is 0 Å². The quantitative estimate of drug-likeness (QED) is 0.842. The van der Waals surface area contributed by atoms with Crippen LogP contribution in [0.3, 0.4) is 0 Å². The molecule has 0 aliphatic rings. The van der Waals surface area contributed by atoms with Gasteiger partial charge in [-0.25, -0.2) is 0 Å². The predicted octanol–water partition coefficient (Wildman–Crippen LogP) is 1.08. The van der Waals surface area contributed by atoms with Crippen molar-refractivity contribution in [1.29, 1.82) is 0 Å². The van der Waals surface area contributed by atoms with E-state index in [1.807, 2.05) is 0 Å². The lowest BCUT2D eigenvalue weighted by Crippen LogP contribution is -2.24. The summed E-state index contributed by atoms with van der Waals surface area (Å²) in [6.07, 6.45) is -6.03. The number of hydrogen-bond donors (Lipinski definition) is 2. The van der Waals surface area contributed by atoms with Gasteiger partial charge in [0.15, 0.2) is 0 Å². The first-order valence-corrected chi connectivity index (χ1v) is 5.10. The van der Waals surface area contributed by atoms with E-state index in [2.05, 4.69) is 15.5 Å². The third-order valence-corrected chi connectivity index (χ3v) is 2.31. The number of aromatic nitrogens is 2. The number of nitrogen functional groups attached to an aromatic ring is 1. The number of anilines is 1. The number of rotatable bonds is 4. The molecule has 1 aromatic heterocycles. The van der Waals surface area contributed by atoms with Crippen molar-refractivity contribution < 1.29 is 18.0 Å². The summed E-state index contributed by atoms with van der Waals surface area (Å²) in [7, 11) is 0. The van der Waals surface area contributed by atoms with E-state index in [-0.39, 0.29) is 11.7 Å². The summed E-state index contributed by atoms with van der Waals surface area (Å²) in [5.74, 6) is -0.675.